The van der Waals surface area contributed by atoms with Crippen molar-refractivity contribution in [2.45, 2.75) is 12.8 Å². The van der Waals surface area contributed by atoms with E-state index in [1.54, 1.807) is 4.90 Å². The number of aryl methyl sites for hydroxylation is 1. The topological polar surface area (TPSA) is 62.7 Å². The quantitative estimate of drug-likeness (QED) is 0.754. The number of carbonyl (C=O) groups excluding carboxylic acids is 2. The molecule has 104 valence electrons. The van der Waals surface area contributed by atoms with Crippen molar-refractivity contribution in [3.05, 3.63) is 11.1 Å². The molecular weight excluding hydrogens is 266 g/mol. The average Bonchev–Trinajstić information content (AvgIpc) is 2.88. The first kappa shape index (κ1) is 13.8. The van der Waals surface area contributed by atoms with Crippen molar-refractivity contribution in [3.8, 4) is 0 Å². The van der Waals surface area contributed by atoms with Crippen LogP contribution < -0.4 is 4.90 Å². The van der Waals surface area contributed by atoms with Crippen LogP contribution >= 0.6 is 11.3 Å². The van der Waals surface area contributed by atoms with Crippen LogP contribution in [0.2, 0.25) is 0 Å². The Labute approximate surface area is 116 Å². The zero-order valence-corrected chi connectivity index (χ0v) is 11.9. The highest BCUT2D eigenvalue weighted by atomic mass is 32.1. The van der Waals surface area contributed by atoms with Crippen molar-refractivity contribution in [2.24, 2.45) is 0 Å². The minimum absolute atomic E-state index is 0.109. The summed E-state index contributed by atoms with van der Waals surface area (Å²) in [6, 6.07) is 0. The average molecular weight is 283 g/mol. The van der Waals surface area contributed by atoms with Crippen LogP contribution in [0, 0.1) is 0 Å². The second-order valence-electron chi connectivity index (χ2n) is 4.43. The van der Waals surface area contributed by atoms with Gasteiger partial charge in [-0.2, -0.15) is 0 Å². The SMILES string of the molecule is COC(=O)CCc1csc(N2CCN(C)C(=O)C2)n1. The molecule has 0 N–H and O–H groups in total. The molecule has 0 atom stereocenters. The number of methoxy groups -OCH3 is 1. The summed E-state index contributed by atoms with van der Waals surface area (Å²) in [5.74, 6) is -0.123. The van der Waals surface area contributed by atoms with E-state index >= 15 is 0 Å². The van der Waals surface area contributed by atoms with Crippen LogP contribution in [-0.2, 0) is 20.7 Å². The van der Waals surface area contributed by atoms with Crippen molar-refractivity contribution in [3.63, 3.8) is 0 Å². The summed E-state index contributed by atoms with van der Waals surface area (Å²) in [4.78, 5) is 30.9. The van der Waals surface area contributed by atoms with Crippen LogP contribution in [0.4, 0.5) is 5.13 Å². The van der Waals surface area contributed by atoms with Gasteiger partial charge in [0.25, 0.3) is 0 Å². The summed E-state index contributed by atoms with van der Waals surface area (Å²) in [5, 5.41) is 2.78. The first-order valence-electron chi connectivity index (χ1n) is 6.10. The molecular formula is C12H17N3O3S. The van der Waals surface area contributed by atoms with E-state index in [2.05, 4.69) is 9.72 Å². The Kier molecular flexibility index (Phi) is 4.36. The third kappa shape index (κ3) is 3.44. The third-order valence-corrected chi connectivity index (χ3v) is 4.03. The Balaban J connectivity index is 1.93. The highest BCUT2D eigenvalue weighted by Crippen LogP contribution is 2.22. The first-order chi connectivity index (χ1) is 9.10. The fourth-order valence-corrected chi connectivity index (χ4v) is 2.70. The number of ether oxygens (including phenoxy) is 1. The van der Waals surface area contributed by atoms with Gasteiger partial charge in [0.05, 0.1) is 25.8 Å². The Hall–Kier alpha value is -1.63. The molecule has 0 unspecified atom stereocenters. The molecule has 1 aliphatic rings. The molecule has 1 saturated heterocycles. The molecule has 7 heteroatoms. The number of nitrogens with zero attached hydrogens (tertiary/aromatic N) is 3. The number of hydrogen-bond donors (Lipinski definition) is 0. The van der Waals surface area contributed by atoms with Gasteiger partial charge in [-0.3, -0.25) is 9.59 Å². The first-order valence-corrected chi connectivity index (χ1v) is 6.98. The van der Waals surface area contributed by atoms with Gasteiger partial charge in [-0.25, -0.2) is 4.98 Å². The van der Waals surface area contributed by atoms with E-state index in [4.69, 9.17) is 0 Å². The Bertz CT molecular complexity index is 475. The van der Waals surface area contributed by atoms with Gasteiger partial charge in [-0.05, 0) is 0 Å². The Morgan fingerprint density at radius 1 is 1.53 bits per heavy atom. The standard InChI is InChI=1S/C12H17N3O3S/c1-14-5-6-15(7-10(14)16)12-13-9(8-19-12)3-4-11(17)18-2/h8H,3-7H2,1-2H3. The minimum atomic E-state index is -0.232. The van der Waals surface area contributed by atoms with Crippen molar-refractivity contribution in [1.82, 2.24) is 9.88 Å². The summed E-state index contributed by atoms with van der Waals surface area (Å²) in [5.41, 5.74) is 0.872. The van der Waals surface area contributed by atoms with Crippen molar-refractivity contribution in [1.29, 1.82) is 0 Å². The number of likely N-dealkylation sites (N-methyl/N-ethyl adjacent to an activating group) is 1. The molecule has 0 radical (unpaired) electrons. The molecule has 1 aromatic rings. The highest BCUT2D eigenvalue weighted by Gasteiger charge is 2.23. The summed E-state index contributed by atoms with van der Waals surface area (Å²) in [7, 11) is 3.19. The molecule has 0 aromatic carbocycles. The minimum Gasteiger partial charge on any atom is -0.469 e. The van der Waals surface area contributed by atoms with Crippen LogP contribution in [0.15, 0.2) is 5.38 Å². The number of anilines is 1. The molecule has 0 bridgehead atoms. The number of carbonyl (C=O) groups is 2. The lowest BCUT2D eigenvalue weighted by Gasteiger charge is -2.31. The van der Waals surface area contributed by atoms with Crippen LogP contribution in [0.3, 0.4) is 0 Å². The summed E-state index contributed by atoms with van der Waals surface area (Å²) in [6.07, 6.45) is 0.909. The highest BCUT2D eigenvalue weighted by molar-refractivity contribution is 7.13. The molecule has 0 saturated carbocycles. The molecule has 0 aliphatic carbocycles. The third-order valence-electron chi connectivity index (χ3n) is 3.08. The number of thiazole rings is 1. The lowest BCUT2D eigenvalue weighted by atomic mass is 10.2. The normalized spacial score (nSPS) is 15.8. The van der Waals surface area contributed by atoms with Gasteiger partial charge < -0.3 is 14.5 Å². The lowest BCUT2D eigenvalue weighted by molar-refractivity contribution is -0.140. The lowest BCUT2D eigenvalue weighted by Crippen LogP contribution is -2.48. The number of esters is 1. The van der Waals surface area contributed by atoms with E-state index in [0.29, 0.717) is 19.4 Å². The number of piperazine rings is 1. The maximum absolute atomic E-state index is 11.6. The molecule has 1 aliphatic heterocycles. The van der Waals surface area contributed by atoms with Crippen LogP contribution in [-0.4, -0.2) is 55.6 Å². The largest absolute Gasteiger partial charge is 0.469 e. The number of rotatable bonds is 4. The molecule has 19 heavy (non-hydrogen) atoms. The predicted octanol–water partition coefficient (Wildman–Crippen LogP) is 0.527. The van der Waals surface area contributed by atoms with E-state index < -0.39 is 0 Å². The monoisotopic (exact) mass is 283 g/mol. The predicted molar refractivity (Wildman–Crippen MR) is 72.3 cm³/mol. The molecule has 6 nitrogen and oxygen atoms in total. The smallest absolute Gasteiger partial charge is 0.305 e. The summed E-state index contributed by atoms with van der Waals surface area (Å²) >= 11 is 1.51. The maximum Gasteiger partial charge on any atom is 0.305 e. The summed E-state index contributed by atoms with van der Waals surface area (Å²) in [6.45, 7) is 1.89. The van der Waals surface area contributed by atoms with Crippen LogP contribution in [0.5, 0.6) is 0 Å². The van der Waals surface area contributed by atoms with E-state index in [1.165, 1.54) is 18.4 Å². The van der Waals surface area contributed by atoms with E-state index in [9.17, 15) is 9.59 Å². The van der Waals surface area contributed by atoms with Gasteiger partial charge in [0.1, 0.15) is 0 Å². The zero-order chi connectivity index (χ0) is 13.8. The fraction of sp³-hybridized carbons (Fsp3) is 0.583. The Morgan fingerprint density at radius 2 is 2.32 bits per heavy atom. The van der Waals surface area contributed by atoms with Gasteiger partial charge in [0.2, 0.25) is 5.91 Å². The van der Waals surface area contributed by atoms with Crippen molar-refractivity contribution < 1.29 is 14.3 Å². The second-order valence-corrected chi connectivity index (χ2v) is 5.27. The molecule has 1 aromatic heterocycles. The second kappa shape index (κ2) is 6.01. The van der Waals surface area contributed by atoms with Crippen molar-refractivity contribution in [2.75, 3.05) is 38.7 Å². The van der Waals surface area contributed by atoms with Gasteiger partial charge in [-0.15, -0.1) is 11.3 Å². The molecule has 1 amide bonds. The zero-order valence-electron chi connectivity index (χ0n) is 11.1. The maximum atomic E-state index is 11.6. The number of amides is 1. The van der Waals surface area contributed by atoms with Gasteiger partial charge in [0, 0.05) is 31.9 Å². The van der Waals surface area contributed by atoms with E-state index in [-0.39, 0.29) is 11.9 Å². The van der Waals surface area contributed by atoms with Crippen LogP contribution in [0.25, 0.3) is 0 Å². The van der Waals surface area contributed by atoms with Gasteiger partial charge in [0.15, 0.2) is 5.13 Å². The number of hydrogen-bond acceptors (Lipinski definition) is 6. The van der Waals surface area contributed by atoms with Crippen LogP contribution in [0.1, 0.15) is 12.1 Å². The summed E-state index contributed by atoms with van der Waals surface area (Å²) < 4.78 is 4.60. The molecule has 0 spiro atoms. The van der Waals surface area contributed by atoms with E-state index in [0.717, 1.165) is 23.9 Å². The van der Waals surface area contributed by atoms with Crippen molar-refractivity contribution >= 4 is 28.3 Å². The van der Waals surface area contributed by atoms with E-state index in [1.807, 2.05) is 17.3 Å². The fourth-order valence-electron chi connectivity index (χ4n) is 1.81. The molecule has 1 fully saturated rings. The Morgan fingerprint density at radius 3 is 3.00 bits per heavy atom. The van der Waals surface area contributed by atoms with Gasteiger partial charge in [-0.1, -0.05) is 0 Å². The number of aromatic nitrogens is 1. The molecule has 2 rings (SSSR count). The van der Waals surface area contributed by atoms with Gasteiger partial charge >= 0.3 is 5.97 Å². The molecule has 2 heterocycles.